The number of fused-ring (bicyclic) bond motifs is 1. The summed E-state index contributed by atoms with van der Waals surface area (Å²) in [5.41, 5.74) is 2.40. The maximum absolute atomic E-state index is 12.6. The molecule has 130 valence electrons. The van der Waals surface area contributed by atoms with Crippen molar-refractivity contribution in [3.63, 3.8) is 0 Å². The lowest BCUT2D eigenvalue weighted by atomic mass is 10.1. The van der Waals surface area contributed by atoms with Gasteiger partial charge in [-0.05, 0) is 29.2 Å². The zero-order valence-electron chi connectivity index (χ0n) is 14.6. The zero-order valence-corrected chi connectivity index (χ0v) is 15.4. The maximum Gasteiger partial charge on any atom is 0.358 e. The van der Waals surface area contributed by atoms with E-state index in [1.165, 1.54) is 23.1 Å². The molecule has 1 saturated heterocycles. The van der Waals surface area contributed by atoms with Gasteiger partial charge in [0, 0.05) is 19.8 Å². The van der Waals surface area contributed by atoms with Gasteiger partial charge in [0.2, 0.25) is 0 Å². The molecule has 0 aliphatic carbocycles. The molecular weight excluding hydrogens is 336 g/mol. The second-order valence-electron chi connectivity index (χ2n) is 6.11. The van der Waals surface area contributed by atoms with E-state index in [1.807, 2.05) is 10.6 Å². The first kappa shape index (κ1) is 17.4. The third-order valence-corrected chi connectivity index (χ3v) is 5.33. The van der Waals surface area contributed by atoms with Crippen molar-refractivity contribution >= 4 is 34.7 Å². The number of benzene rings is 1. The lowest BCUT2D eigenvalue weighted by molar-refractivity contribution is -0.522. The molecule has 0 aromatic heterocycles. The van der Waals surface area contributed by atoms with Crippen LogP contribution in [0.4, 0.5) is 4.79 Å². The normalized spacial score (nSPS) is 20.1. The van der Waals surface area contributed by atoms with Gasteiger partial charge in [-0.3, -0.25) is 14.6 Å². The van der Waals surface area contributed by atoms with E-state index in [0.29, 0.717) is 12.4 Å². The molecule has 3 amide bonds. The van der Waals surface area contributed by atoms with Crippen molar-refractivity contribution in [3.8, 4) is 0 Å². The number of nitrogens with zero attached hydrogens (tertiary/aromatic N) is 4. The van der Waals surface area contributed by atoms with E-state index in [0.717, 1.165) is 15.8 Å². The second kappa shape index (κ2) is 6.84. The smallest absolute Gasteiger partial charge is 0.269 e. The van der Waals surface area contributed by atoms with Crippen molar-refractivity contribution in [2.45, 2.75) is 18.7 Å². The first-order chi connectivity index (χ1) is 11.9. The SMILES string of the molecule is C=CC[N+]1=C(SCc2cccc(C)c2)N=C2C1C(=O)N(C)C(=O)N2C. The highest BCUT2D eigenvalue weighted by Gasteiger charge is 2.52. The Morgan fingerprint density at radius 1 is 1.32 bits per heavy atom. The Balaban J connectivity index is 1.90. The number of thioether (sulfide) groups is 1. The third kappa shape index (κ3) is 3.11. The number of aliphatic imine (C=N–C) groups is 1. The standard InChI is InChI=1S/C18H21N4O2S/c1-5-9-22-14-15(20(3)18(24)21(4)16(14)23)19-17(22)25-11-13-8-6-7-12(2)10-13/h5-8,10,14H,1,9,11H2,2-4H3/q+1. The van der Waals surface area contributed by atoms with Crippen molar-refractivity contribution in [3.05, 3.63) is 48.0 Å². The fraction of sp³-hybridized carbons (Fsp3) is 0.333. The lowest BCUT2D eigenvalue weighted by Gasteiger charge is -2.30. The molecule has 6 nitrogen and oxygen atoms in total. The van der Waals surface area contributed by atoms with Crippen LogP contribution in [0.3, 0.4) is 0 Å². The summed E-state index contributed by atoms with van der Waals surface area (Å²) in [6, 6.07) is 7.37. The fourth-order valence-electron chi connectivity index (χ4n) is 2.96. The molecule has 2 aliphatic rings. The number of likely N-dealkylation sites (N-methyl/N-ethyl adjacent to an activating group) is 2. The molecule has 2 heterocycles. The predicted octanol–water partition coefficient (Wildman–Crippen LogP) is 2.09. The maximum atomic E-state index is 12.6. The zero-order chi connectivity index (χ0) is 18.1. The van der Waals surface area contributed by atoms with Gasteiger partial charge in [0.05, 0.1) is 0 Å². The number of amides is 3. The summed E-state index contributed by atoms with van der Waals surface area (Å²) in [6.07, 6.45) is 1.75. The molecule has 3 rings (SSSR count). The Kier molecular flexibility index (Phi) is 4.76. The summed E-state index contributed by atoms with van der Waals surface area (Å²) in [5, 5.41) is 0.740. The van der Waals surface area contributed by atoms with Crippen LogP contribution in [0.25, 0.3) is 0 Å². The van der Waals surface area contributed by atoms with Crippen LogP contribution in [0.1, 0.15) is 11.1 Å². The average molecular weight is 357 g/mol. The fourth-order valence-corrected chi connectivity index (χ4v) is 3.94. The number of urea groups is 1. The van der Waals surface area contributed by atoms with Crippen molar-refractivity contribution in [1.29, 1.82) is 0 Å². The van der Waals surface area contributed by atoms with Gasteiger partial charge in [-0.1, -0.05) is 42.5 Å². The molecular formula is C18H21N4O2S+. The number of aryl methyl sites for hydroxylation is 1. The molecule has 1 aromatic rings. The highest BCUT2D eigenvalue weighted by molar-refractivity contribution is 8.13. The number of carbonyl (C=O) groups excluding carboxylic acids is 2. The van der Waals surface area contributed by atoms with E-state index < -0.39 is 6.04 Å². The van der Waals surface area contributed by atoms with Crippen LogP contribution >= 0.6 is 11.8 Å². The Hall–Kier alpha value is -2.41. The molecule has 0 spiro atoms. The quantitative estimate of drug-likeness (QED) is 0.612. The van der Waals surface area contributed by atoms with Gasteiger partial charge in [0.1, 0.15) is 6.54 Å². The van der Waals surface area contributed by atoms with Crippen molar-refractivity contribution in [1.82, 2.24) is 9.80 Å². The number of rotatable bonds is 4. The first-order valence-corrected chi connectivity index (χ1v) is 8.99. The lowest BCUT2D eigenvalue weighted by Crippen LogP contribution is -2.61. The summed E-state index contributed by atoms with van der Waals surface area (Å²) in [4.78, 5) is 32.0. The van der Waals surface area contributed by atoms with Gasteiger partial charge >= 0.3 is 11.2 Å². The number of carbonyl (C=O) groups is 2. The minimum atomic E-state index is -0.564. The summed E-state index contributed by atoms with van der Waals surface area (Å²) in [5.74, 6) is 0.979. The molecule has 1 unspecified atom stereocenters. The van der Waals surface area contributed by atoms with Gasteiger partial charge in [-0.15, -0.1) is 0 Å². The number of hydrogen-bond acceptors (Lipinski definition) is 4. The highest BCUT2D eigenvalue weighted by Crippen LogP contribution is 2.24. The van der Waals surface area contributed by atoms with Crippen molar-refractivity contribution < 1.29 is 14.2 Å². The molecule has 0 N–H and O–H groups in total. The Labute approximate surface area is 151 Å². The monoisotopic (exact) mass is 357 g/mol. The van der Waals surface area contributed by atoms with Crippen LogP contribution in [-0.4, -0.2) is 64.0 Å². The van der Waals surface area contributed by atoms with Gasteiger partial charge in [0.25, 0.3) is 17.8 Å². The minimum Gasteiger partial charge on any atom is -0.269 e. The molecule has 1 fully saturated rings. The highest BCUT2D eigenvalue weighted by atomic mass is 32.2. The van der Waals surface area contributed by atoms with E-state index in [1.54, 1.807) is 24.9 Å². The first-order valence-electron chi connectivity index (χ1n) is 8.00. The summed E-state index contributed by atoms with van der Waals surface area (Å²) in [7, 11) is 3.15. The summed E-state index contributed by atoms with van der Waals surface area (Å²) >= 11 is 1.57. The van der Waals surface area contributed by atoms with Crippen molar-refractivity contribution in [2.24, 2.45) is 4.99 Å². The minimum absolute atomic E-state index is 0.255. The molecule has 0 radical (unpaired) electrons. The Morgan fingerprint density at radius 2 is 2.08 bits per heavy atom. The largest absolute Gasteiger partial charge is 0.358 e. The molecule has 25 heavy (non-hydrogen) atoms. The molecule has 2 aliphatic heterocycles. The molecule has 0 bridgehead atoms. The van der Waals surface area contributed by atoms with E-state index in [9.17, 15) is 9.59 Å². The van der Waals surface area contributed by atoms with E-state index in [4.69, 9.17) is 0 Å². The summed E-state index contributed by atoms with van der Waals surface area (Å²) in [6.45, 7) is 6.34. The van der Waals surface area contributed by atoms with Crippen LogP contribution in [0.2, 0.25) is 0 Å². The van der Waals surface area contributed by atoms with Crippen LogP contribution in [-0.2, 0) is 10.5 Å². The van der Waals surface area contributed by atoms with Gasteiger partial charge in [-0.2, -0.15) is 0 Å². The van der Waals surface area contributed by atoms with Crippen LogP contribution in [0, 0.1) is 6.92 Å². The Bertz CT molecular complexity index is 815. The van der Waals surface area contributed by atoms with Crippen LogP contribution in [0.15, 0.2) is 41.9 Å². The van der Waals surface area contributed by atoms with E-state index in [-0.39, 0.29) is 11.9 Å². The topological polar surface area (TPSA) is 56.0 Å². The number of imide groups is 1. The summed E-state index contributed by atoms with van der Waals surface area (Å²) < 4.78 is 1.91. The van der Waals surface area contributed by atoms with E-state index >= 15 is 0 Å². The van der Waals surface area contributed by atoms with Crippen LogP contribution < -0.4 is 0 Å². The molecule has 1 atom stereocenters. The number of amidine groups is 2. The van der Waals surface area contributed by atoms with Crippen LogP contribution in [0.5, 0.6) is 0 Å². The molecule has 7 heteroatoms. The van der Waals surface area contributed by atoms with Gasteiger partial charge in [0.15, 0.2) is 0 Å². The van der Waals surface area contributed by atoms with Gasteiger partial charge in [-0.25, -0.2) is 9.37 Å². The van der Waals surface area contributed by atoms with E-state index in [2.05, 4.69) is 36.7 Å². The number of hydrogen-bond donors (Lipinski definition) is 0. The van der Waals surface area contributed by atoms with Crippen molar-refractivity contribution in [2.75, 3.05) is 20.6 Å². The molecule has 1 aromatic carbocycles. The Morgan fingerprint density at radius 3 is 2.76 bits per heavy atom. The second-order valence-corrected chi connectivity index (χ2v) is 7.06. The third-order valence-electron chi connectivity index (χ3n) is 4.27. The molecule has 0 saturated carbocycles. The van der Waals surface area contributed by atoms with Gasteiger partial charge < -0.3 is 0 Å². The average Bonchev–Trinajstić information content (AvgIpc) is 2.95. The predicted molar refractivity (Wildman–Crippen MR) is 100.0 cm³/mol.